The molecule has 0 unspecified atom stereocenters. The van der Waals surface area contributed by atoms with Gasteiger partial charge in [-0.15, -0.1) is 0 Å². The minimum absolute atomic E-state index is 0.0233. The van der Waals surface area contributed by atoms with E-state index in [4.69, 9.17) is 14.7 Å². The summed E-state index contributed by atoms with van der Waals surface area (Å²) in [7, 11) is 1.97. The molecule has 3 atom stereocenters. The molecule has 17 heterocycles. The van der Waals surface area contributed by atoms with Crippen LogP contribution in [0.1, 0.15) is 98.7 Å². The first-order valence-corrected chi connectivity index (χ1v) is 35.8. The molecular formula is C79H80N20O5. The first-order chi connectivity index (χ1) is 50.8. The maximum absolute atomic E-state index is 12.9. The van der Waals surface area contributed by atoms with Crippen LogP contribution in [-0.4, -0.2) is 159 Å². The van der Waals surface area contributed by atoms with Gasteiger partial charge in [-0.05, 0) is 117 Å². The van der Waals surface area contributed by atoms with E-state index in [-0.39, 0.29) is 29.9 Å². The van der Waals surface area contributed by atoms with E-state index in [0.717, 1.165) is 185 Å². The van der Waals surface area contributed by atoms with Gasteiger partial charge in [0.1, 0.15) is 22.9 Å². The van der Waals surface area contributed by atoms with Crippen LogP contribution < -0.4 is 41.3 Å². The van der Waals surface area contributed by atoms with Gasteiger partial charge in [0.2, 0.25) is 0 Å². The van der Waals surface area contributed by atoms with Gasteiger partial charge in [-0.25, -0.2) is 24.9 Å². The molecule has 4 fully saturated rings. The Labute approximate surface area is 600 Å². The van der Waals surface area contributed by atoms with Crippen molar-refractivity contribution in [2.45, 2.75) is 71.3 Å². The molecule has 104 heavy (non-hydrogen) atoms. The van der Waals surface area contributed by atoms with Gasteiger partial charge in [0.05, 0.1) is 125 Å². The molecule has 7 aliphatic rings. The molecule has 12 aromatic rings. The zero-order chi connectivity index (χ0) is 70.7. The lowest BCUT2D eigenvalue weighted by atomic mass is 9.93. The number of nitrogens with zero attached hydrogens (tertiary/aromatic N) is 15. The number of carbonyl (C=O) groups is 3. The smallest absolute Gasteiger partial charge is 0.254 e. The Morgan fingerprint density at radius 1 is 0.567 bits per heavy atom. The van der Waals surface area contributed by atoms with Gasteiger partial charge in [0.25, 0.3) is 17.7 Å². The van der Waals surface area contributed by atoms with Crippen molar-refractivity contribution >= 4 is 80.1 Å². The Hall–Kier alpha value is -11.7. The molecule has 3 amide bonds. The Morgan fingerprint density at radius 3 is 1.97 bits per heavy atom. The highest BCUT2D eigenvalue weighted by Crippen LogP contribution is 2.42. The number of aromatic nitrogens is 11. The molecule has 0 bridgehead atoms. The van der Waals surface area contributed by atoms with Crippen molar-refractivity contribution in [1.82, 2.24) is 74.1 Å². The quantitative estimate of drug-likeness (QED) is 0.0626. The minimum atomic E-state index is -0.204. The first-order valence-electron chi connectivity index (χ1n) is 35.8. The predicted molar refractivity (Wildman–Crippen MR) is 400 cm³/mol. The lowest BCUT2D eigenvalue weighted by molar-refractivity contribution is 0.0952. The van der Waals surface area contributed by atoms with Crippen molar-refractivity contribution in [3.8, 4) is 33.8 Å². The summed E-state index contributed by atoms with van der Waals surface area (Å²) in [5.74, 6) is 2.43. The molecular weight excluding hydrogens is 1310 g/mol. The number of aliphatic hydroxyl groups is 1. The zero-order valence-corrected chi connectivity index (χ0v) is 58.4. The zero-order valence-electron chi connectivity index (χ0n) is 58.4. The number of imidazole rings is 2. The van der Waals surface area contributed by atoms with Gasteiger partial charge in [-0.3, -0.25) is 43.0 Å². The number of hydrogen-bond donors (Lipinski definition) is 6. The fourth-order valence-corrected chi connectivity index (χ4v) is 15.9. The number of benzene rings is 2. The van der Waals surface area contributed by atoms with Crippen LogP contribution in [-0.2, 0) is 31.3 Å². The number of nitrogens with one attached hydrogen (secondary N) is 5. The summed E-state index contributed by atoms with van der Waals surface area (Å²) in [6.45, 7) is 17.0. The molecule has 0 saturated carbocycles. The number of pyridine rings is 6. The van der Waals surface area contributed by atoms with Crippen LogP contribution >= 0.6 is 0 Å². The second kappa shape index (κ2) is 27.6. The summed E-state index contributed by atoms with van der Waals surface area (Å²) >= 11 is 0. The standard InChI is InChI=1S/C27H30N8O.C26H24N6O2.C26H26N6O2/c1-17(2)34-10-12-35(13-11-34)18-4-5-23(29-14-18)32-22-16-30-25(21-15-31-27(36)24(21)22)19-6-8-28-26-20(19)7-9-33(26)3;33-26-25-16(7-19-2-3-20(8-28-19)31-12-17-14-34-15-18(17)13-31)1-4-21(22(25)9-30-26)23-10-29-24-11-27-5-6-32(23)24;1-16-24-19(21-15-28-23-4-2-3-11-32(21)23)6-7-20(25(24)26(34)29-16)30-22-8-5-17(14-27-22)31-12-9-18(33)10-13-31/h4-9,14,16-17H,10-13,15H2,1-3H3,(H,29,32)(H,31,36);1-6,8,10-11,17-18H,7,9,12-15H2,(H,30,33);2-8,11,14-16,18,33H,9-10,12-13H2,1H3,(H,27,30)(H,29,34)/t;17-,18+;16-/m..1/s1. The summed E-state index contributed by atoms with van der Waals surface area (Å²) in [6, 6.07) is 30.8. The number of carbonyl (C=O) groups excluding carboxylic acids is 3. The highest BCUT2D eigenvalue weighted by atomic mass is 16.5. The topological polar surface area (TPSA) is 271 Å². The summed E-state index contributed by atoms with van der Waals surface area (Å²) in [5.41, 5.74) is 19.8. The van der Waals surface area contributed by atoms with Crippen LogP contribution in [0.25, 0.3) is 56.1 Å². The van der Waals surface area contributed by atoms with Crippen LogP contribution in [0.15, 0.2) is 165 Å². The summed E-state index contributed by atoms with van der Waals surface area (Å²) in [4.78, 5) is 84.5. The molecule has 19 rings (SSSR count). The average molecular weight is 1390 g/mol. The molecule has 6 N–H and O–H groups in total. The highest BCUT2D eigenvalue weighted by molar-refractivity contribution is 6.08. The van der Waals surface area contributed by atoms with Crippen LogP contribution in [0.4, 0.5) is 40.1 Å². The van der Waals surface area contributed by atoms with Crippen molar-refractivity contribution in [3.63, 3.8) is 0 Å². The van der Waals surface area contributed by atoms with E-state index in [9.17, 15) is 19.5 Å². The number of piperazine rings is 1. The number of amides is 3. The number of hydrogen-bond acceptors (Lipinski definition) is 19. The second-order valence-corrected chi connectivity index (χ2v) is 28.1. The van der Waals surface area contributed by atoms with Crippen LogP contribution in [0, 0.1) is 11.8 Å². The van der Waals surface area contributed by atoms with Gasteiger partial charge >= 0.3 is 0 Å². The minimum Gasteiger partial charge on any atom is -0.393 e. The monoisotopic (exact) mass is 1390 g/mol. The normalized spacial score (nSPS) is 18.4. The third kappa shape index (κ3) is 12.5. The van der Waals surface area contributed by atoms with Gasteiger partial charge in [0.15, 0.2) is 5.65 Å². The number of anilines is 7. The van der Waals surface area contributed by atoms with E-state index >= 15 is 0 Å². The van der Waals surface area contributed by atoms with Crippen molar-refractivity contribution in [1.29, 1.82) is 0 Å². The van der Waals surface area contributed by atoms with Crippen molar-refractivity contribution in [2.75, 3.05) is 90.9 Å². The Morgan fingerprint density at radius 2 is 1.24 bits per heavy atom. The molecule has 0 aliphatic carbocycles. The van der Waals surface area contributed by atoms with Gasteiger partial charge in [-0.2, -0.15) is 0 Å². The van der Waals surface area contributed by atoms with Gasteiger partial charge in [-0.1, -0.05) is 24.3 Å². The van der Waals surface area contributed by atoms with E-state index in [1.54, 1.807) is 24.8 Å². The maximum Gasteiger partial charge on any atom is 0.254 e. The Kier molecular flexibility index (Phi) is 17.4. The van der Waals surface area contributed by atoms with E-state index < -0.39 is 0 Å². The average Bonchev–Trinajstić information content (AvgIpc) is 1.57. The molecule has 0 spiro atoms. The molecule has 0 radical (unpaired) electrons. The third-order valence-electron chi connectivity index (χ3n) is 21.5. The van der Waals surface area contributed by atoms with Gasteiger partial charge < -0.3 is 55.7 Å². The molecule has 25 heteroatoms. The van der Waals surface area contributed by atoms with Crippen LogP contribution in [0.3, 0.4) is 0 Å². The van der Waals surface area contributed by atoms with Crippen LogP contribution in [0.5, 0.6) is 0 Å². The molecule has 4 saturated heterocycles. The van der Waals surface area contributed by atoms with E-state index in [0.29, 0.717) is 65.8 Å². The van der Waals surface area contributed by atoms with Gasteiger partial charge in [0, 0.05) is 167 Å². The third-order valence-corrected chi connectivity index (χ3v) is 21.5. The van der Waals surface area contributed by atoms with E-state index in [2.05, 4.69) is 120 Å². The molecule has 10 aromatic heterocycles. The number of fused-ring (bicyclic) bond motifs is 7. The summed E-state index contributed by atoms with van der Waals surface area (Å²) in [6.07, 6.45) is 24.2. The number of ether oxygens (including phenoxy) is 1. The number of rotatable bonds is 13. The highest BCUT2D eigenvalue weighted by Gasteiger charge is 2.38. The largest absolute Gasteiger partial charge is 0.393 e. The lowest BCUT2D eigenvalue weighted by Crippen LogP contribution is -2.48. The molecule has 25 nitrogen and oxygen atoms in total. The van der Waals surface area contributed by atoms with Crippen molar-refractivity contribution in [2.24, 2.45) is 18.9 Å². The van der Waals surface area contributed by atoms with Crippen LogP contribution in [0.2, 0.25) is 0 Å². The maximum atomic E-state index is 12.9. The summed E-state index contributed by atoms with van der Waals surface area (Å²) < 4.78 is 11.6. The fourth-order valence-electron chi connectivity index (χ4n) is 15.9. The SMILES string of the molecule is CC(C)N1CCN(c2ccc(Nc3cnc(-c4ccnc5c4ccn5C)c4c3C(=O)NC4)nc2)CC1.C[C@H]1NC(=O)c2c(Nc3ccc(N4CCC(O)CC4)cn3)ccc(-c3cnc4ccccn34)c21.O=C1NCc2c(-c3cnc4cnccn34)ccc(Cc3ccc(N4C[C@H]5COC[C@H]5C4)cn3)c21. The molecule has 7 aliphatic heterocycles. The Bertz CT molecular complexity index is 5240. The van der Waals surface area contributed by atoms with E-state index in [1.165, 1.54) is 5.69 Å². The number of aliphatic hydroxyl groups excluding tert-OH is 1. The molecule has 526 valence electrons. The second-order valence-electron chi connectivity index (χ2n) is 28.1. The summed E-state index contributed by atoms with van der Waals surface area (Å²) in [5, 5.41) is 26.5. The molecule has 2 aromatic carbocycles. The Balaban J connectivity index is 0.000000115. The number of aryl methyl sites for hydroxylation is 1. The van der Waals surface area contributed by atoms with Crippen molar-refractivity contribution < 1.29 is 24.2 Å². The first kappa shape index (κ1) is 65.6. The van der Waals surface area contributed by atoms with E-state index in [1.807, 2.05) is 138 Å². The lowest BCUT2D eigenvalue weighted by Gasteiger charge is -2.38. The predicted octanol–water partition coefficient (Wildman–Crippen LogP) is 10.2. The van der Waals surface area contributed by atoms with Crippen molar-refractivity contribution in [3.05, 3.63) is 210 Å². The fraction of sp³-hybridized carbons (Fsp3) is 0.304. The number of piperidine rings is 1.